The summed E-state index contributed by atoms with van der Waals surface area (Å²) in [6.45, 7) is 0. The van der Waals surface area contributed by atoms with Crippen LogP contribution in [0.3, 0.4) is 0 Å². The number of sulfone groups is 1. The van der Waals surface area contributed by atoms with E-state index in [1.165, 1.54) is 0 Å². The second kappa shape index (κ2) is 5.48. The highest BCUT2D eigenvalue weighted by molar-refractivity contribution is 7.91. The zero-order chi connectivity index (χ0) is 13.1. The van der Waals surface area contributed by atoms with Gasteiger partial charge in [-0.25, -0.2) is 8.42 Å². The monoisotopic (exact) mass is 263 g/mol. The van der Waals surface area contributed by atoms with Gasteiger partial charge < -0.3 is 10.4 Å². The normalized spacial score (nSPS) is 25.2. The molecule has 0 bridgehead atoms. The van der Waals surface area contributed by atoms with Crippen LogP contribution < -0.4 is 5.32 Å². The zero-order valence-electron chi connectivity index (χ0n) is 9.68. The number of carboxylic acids is 1. The van der Waals surface area contributed by atoms with Crippen molar-refractivity contribution in [2.45, 2.75) is 31.7 Å². The zero-order valence-corrected chi connectivity index (χ0v) is 10.5. The molecule has 17 heavy (non-hydrogen) atoms. The minimum atomic E-state index is -3.37. The van der Waals surface area contributed by atoms with Gasteiger partial charge in [-0.1, -0.05) is 12.8 Å². The summed E-state index contributed by atoms with van der Waals surface area (Å²) in [5.41, 5.74) is 0. The summed E-state index contributed by atoms with van der Waals surface area (Å²) in [6.07, 6.45) is 3.77. The lowest BCUT2D eigenvalue weighted by molar-refractivity contribution is -0.144. The Hall–Kier alpha value is -1.11. The largest absolute Gasteiger partial charge is 0.481 e. The summed E-state index contributed by atoms with van der Waals surface area (Å²) in [5.74, 6) is -2.75. The predicted octanol–water partition coefficient (Wildman–Crippen LogP) is -0.209. The molecule has 7 heteroatoms. The van der Waals surface area contributed by atoms with Crippen molar-refractivity contribution >= 4 is 21.7 Å². The van der Waals surface area contributed by atoms with Gasteiger partial charge in [0.15, 0.2) is 9.84 Å². The molecule has 1 saturated carbocycles. The number of amides is 1. The molecule has 2 N–H and O–H groups in total. The van der Waals surface area contributed by atoms with Gasteiger partial charge in [0.2, 0.25) is 5.91 Å². The fourth-order valence-corrected chi connectivity index (χ4v) is 2.65. The summed E-state index contributed by atoms with van der Waals surface area (Å²) < 4.78 is 21.8. The molecule has 0 heterocycles. The molecule has 1 aliphatic carbocycles. The molecule has 1 rings (SSSR count). The second-order valence-electron chi connectivity index (χ2n) is 4.47. The number of carbonyl (C=O) groups is 2. The Morgan fingerprint density at radius 1 is 1.29 bits per heavy atom. The van der Waals surface area contributed by atoms with Crippen LogP contribution in [-0.4, -0.2) is 43.5 Å². The quantitative estimate of drug-likeness (QED) is 0.731. The topological polar surface area (TPSA) is 101 Å². The Morgan fingerprint density at radius 2 is 1.88 bits per heavy atom. The van der Waals surface area contributed by atoms with E-state index in [1.807, 2.05) is 0 Å². The van der Waals surface area contributed by atoms with Gasteiger partial charge in [0.25, 0.3) is 0 Å². The third-order valence-corrected chi connectivity index (χ3v) is 3.61. The number of nitrogens with one attached hydrogen (secondary N) is 1. The Bertz CT molecular complexity index is 403. The van der Waals surface area contributed by atoms with Gasteiger partial charge in [-0.2, -0.15) is 0 Å². The molecule has 0 aromatic rings. The number of hydrogen-bond acceptors (Lipinski definition) is 4. The molecule has 98 valence electrons. The number of carbonyl (C=O) groups excluding carboxylic acids is 1. The first kappa shape index (κ1) is 14.0. The van der Waals surface area contributed by atoms with E-state index in [4.69, 9.17) is 5.11 Å². The highest BCUT2D eigenvalue weighted by Gasteiger charge is 2.32. The molecule has 0 radical (unpaired) electrons. The van der Waals surface area contributed by atoms with Crippen molar-refractivity contribution in [1.29, 1.82) is 0 Å². The van der Waals surface area contributed by atoms with Crippen LogP contribution >= 0.6 is 0 Å². The smallest absolute Gasteiger partial charge is 0.308 e. The van der Waals surface area contributed by atoms with E-state index in [-0.39, 0.29) is 0 Å². The molecule has 2 unspecified atom stereocenters. The maximum atomic E-state index is 11.4. The standard InChI is InChI=1S/C10H17NO5S/c1-17(15,16)6-9(12)11-8-5-3-2-4-7(8)10(13)14/h7-8H,2-6H2,1H3,(H,11,12)(H,13,14). The summed E-state index contributed by atoms with van der Waals surface area (Å²) in [5, 5.41) is 11.5. The fraction of sp³-hybridized carbons (Fsp3) is 0.800. The van der Waals surface area contributed by atoms with Crippen molar-refractivity contribution in [3.63, 3.8) is 0 Å². The summed E-state index contributed by atoms with van der Waals surface area (Å²) in [7, 11) is -3.37. The summed E-state index contributed by atoms with van der Waals surface area (Å²) in [4.78, 5) is 22.4. The van der Waals surface area contributed by atoms with Gasteiger partial charge in [-0.05, 0) is 12.8 Å². The lowest BCUT2D eigenvalue weighted by atomic mass is 9.84. The van der Waals surface area contributed by atoms with Gasteiger partial charge >= 0.3 is 5.97 Å². The average Bonchev–Trinajstić information content (AvgIpc) is 2.14. The first-order valence-corrected chi connectivity index (χ1v) is 7.55. The molecule has 2 atom stereocenters. The molecular weight excluding hydrogens is 246 g/mol. The lowest BCUT2D eigenvalue weighted by Gasteiger charge is -2.29. The highest BCUT2D eigenvalue weighted by Crippen LogP contribution is 2.24. The van der Waals surface area contributed by atoms with Crippen molar-refractivity contribution in [3.05, 3.63) is 0 Å². The van der Waals surface area contributed by atoms with E-state index in [1.54, 1.807) is 0 Å². The Labute approximate surface area is 100 Å². The van der Waals surface area contributed by atoms with Crippen molar-refractivity contribution < 1.29 is 23.1 Å². The maximum absolute atomic E-state index is 11.4. The molecule has 0 aliphatic heterocycles. The van der Waals surface area contributed by atoms with E-state index in [2.05, 4.69) is 5.32 Å². The molecule has 0 aromatic heterocycles. The van der Waals surface area contributed by atoms with Gasteiger partial charge in [0.05, 0.1) is 5.92 Å². The molecule has 0 aromatic carbocycles. The van der Waals surface area contributed by atoms with Crippen LogP contribution in [0.4, 0.5) is 0 Å². The van der Waals surface area contributed by atoms with Crippen molar-refractivity contribution in [2.75, 3.05) is 12.0 Å². The van der Waals surface area contributed by atoms with E-state index < -0.39 is 39.4 Å². The maximum Gasteiger partial charge on any atom is 0.308 e. The first-order chi connectivity index (χ1) is 7.79. The van der Waals surface area contributed by atoms with Crippen LogP contribution in [0, 0.1) is 5.92 Å². The third-order valence-electron chi connectivity index (χ3n) is 2.82. The minimum absolute atomic E-state index is 0.449. The van der Waals surface area contributed by atoms with Gasteiger partial charge in [-0.3, -0.25) is 9.59 Å². The molecule has 0 spiro atoms. The van der Waals surface area contributed by atoms with Crippen LogP contribution in [-0.2, 0) is 19.4 Å². The van der Waals surface area contributed by atoms with E-state index in [9.17, 15) is 18.0 Å². The van der Waals surface area contributed by atoms with Gasteiger partial charge in [0, 0.05) is 12.3 Å². The second-order valence-corrected chi connectivity index (χ2v) is 6.61. The minimum Gasteiger partial charge on any atom is -0.481 e. The summed E-state index contributed by atoms with van der Waals surface area (Å²) in [6, 6.07) is -0.449. The SMILES string of the molecule is CS(=O)(=O)CC(=O)NC1CCCCC1C(=O)O. The first-order valence-electron chi connectivity index (χ1n) is 5.49. The average molecular weight is 263 g/mol. The van der Waals surface area contributed by atoms with Crippen LogP contribution in [0.15, 0.2) is 0 Å². The lowest BCUT2D eigenvalue weighted by Crippen LogP contribution is -2.46. The van der Waals surface area contributed by atoms with E-state index in [0.717, 1.165) is 19.1 Å². The Balaban J connectivity index is 2.59. The van der Waals surface area contributed by atoms with E-state index in [0.29, 0.717) is 12.8 Å². The van der Waals surface area contributed by atoms with Crippen molar-refractivity contribution in [1.82, 2.24) is 5.32 Å². The number of carboxylic acid groups (broad SMARTS) is 1. The number of rotatable bonds is 4. The number of aliphatic carboxylic acids is 1. The van der Waals surface area contributed by atoms with E-state index >= 15 is 0 Å². The van der Waals surface area contributed by atoms with Gasteiger partial charge in [0.1, 0.15) is 5.75 Å². The molecule has 6 nitrogen and oxygen atoms in total. The highest BCUT2D eigenvalue weighted by atomic mass is 32.2. The molecule has 0 saturated heterocycles. The molecule has 1 fully saturated rings. The predicted molar refractivity (Wildman–Crippen MR) is 61.2 cm³/mol. The van der Waals surface area contributed by atoms with Crippen LogP contribution in [0.5, 0.6) is 0 Å². The molecular formula is C10H17NO5S. The molecule has 1 aliphatic rings. The van der Waals surface area contributed by atoms with Crippen molar-refractivity contribution in [3.8, 4) is 0 Å². The fourth-order valence-electron chi connectivity index (χ4n) is 2.09. The van der Waals surface area contributed by atoms with Crippen LogP contribution in [0.2, 0.25) is 0 Å². The van der Waals surface area contributed by atoms with Crippen LogP contribution in [0.1, 0.15) is 25.7 Å². The number of hydrogen-bond donors (Lipinski definition) is 2. The third kappa shape index (κ3) is 4.72. The summed E-state index contributed by atoms with van der Waals surface area (Å²) >= 11 is 0. The Morgan fingerprint density at radius 3 is 2.41 bits per heavy atom. The van der Waals surface area contributed by atoms with Gasteiger partial charge in [-0.15, -0.1) is 0 Å². The molecule has 1 amide bonds. The van der Waals surface area contributed by atoms with Crippen LogP contribution in [0.25, 0.3) is 0 Å². The Kier molecular flexibility index (Phi) is 4.50. The van der Waals surface area contributed by atoms with Crippen molar-refractivity contribution in [2.24, 2.45) is 5.92 Å².